The predicted octanol–water partition coefficient (Wildman–Crippen LogP) is 0.602. The quantitative estimate of drug-likeness (QED) is 0.739. The van der Waals surface area contributed by atoms with E-state index in [2.05, 4.69) is 34.5 Å². The lowest BCUT2D eigenvalue weighted by molar-refractivity contribution is 0.166. The van der Waals surface area contributed by atoms with Crippen molar-refractivity contribution in [3.05, 3.63) is 0 Å². The van der Waals surface area contributed by atoms with Gasteiger partial charge in [0, 0.05) is 38.8 Å². The van der Waals surface area contributed by atoms with Crippen LogP contribution in [0.3, 0.4) is 0 Å². The molecule has 0 radical (unpaired) electrons. The average Bonchev–Trinajstić information content (AvgIpc) is 2.45. The van der Waals surface area contributed by atoms with E-state index in [1.165, 1.54) is 71.5 Å². The molecule has 2 heterocycles. The topological polar surface area (TPSA) is 30.5 Å². The molecule has 2 aliphatic rings. The molecule has 0 aliphatic carbocycles. The third kappa shape index (κ3) is 5.03. The van der Waals surface area contributed by atoms with E-state index in [1.54, 1.807) is 0 Å². The molecule has 112 valence electrons. The van der Waals surface area contributed by atoms with Gasteiger partial charge in [0.1, 0.15) is 0 Å². The Hall–Kier alpha value is -0.160. The number of nitrogens with zero attached hydrogens (tertiary/aromatic N) is 2. The summed E-state index contributed by atoms with van der Waals surface area (Å²) in [6.07, 6.45) is 5.45. The molecule has 2 aliphatic heterocycles. The van der Waals surface area contributed by atoms with Crippen LogP contribution in [-0.4, -0.2) is 75.8 Å². The summed E-state index contributed by atoms with van der Waals surface area (Å²) < 4.78 is 0. The first-order valence-electron chi connectivity index (χ1n) is 8.08. The molecule has 19 heavy (non-hydrogen) atoms. The lowest BCUT2D eigenvalue weighted by atomic mass is 9.88. The highest BCUT2D eigenvalue weighted by molar-refractivity contribution is 4.81. The number of likely N-dealkylation sites (tertiary alicyclic amines) is 1. The zero-order valence-corrected chi connectivity index (χ0v) is 12.8. The van der Waals surface area contributed by atoms with Crippen LogP contribution in [0, 0.1) is 5.92 Å². The monoisotopic (exact) mass is 268 g/mol. The van der Waals surface area contributed by atoms with Crippen LogP contribution in [0.2, 0.25) is 0 Å². The van der Waals surface area contributed by atoms with Gasteiger partial charge < -0.3 is 20.4 Å². The summed E-state index contributed by atoms with van der Waals surface area (Å²) >= 11 is 0. The molecular weight excluding hydrogens is 236 g/mol. The summed E-state index contributed by atoms with van der Waals surface area (Å²) in [5.41, 5.74) is 0. The van der Waals surface area contributed by atoms with Crippen LogP contribution in [0.15, 0.2) is 0 Å². The summed E-state index contributed by atoms with van der Waals surface area (Å²) in [6.45, 7) is 8.65. The molecule has 2 N–H and O–H groups in total. The molecule has 0 bridgehead atoms. The standard InChI is InChI=1S/C15H32N4/c1-16-15(14-5-3-9-18(2)13-14)6-4-10-19-11-7-17-8-12-19/h14-17H,3-13H2,1-2H3. The molecule has 2 fully saturated rings. The third-order valence-corrected chi connectivity index (χ3v) is 4.80. The summed E-state index contributed by atoms with van der Waals surface area (Å²) in [5, 5.41) is 6.99. The van der Waals surface area contributed by atoms with Crippen LogP contribution >= 0.6 is 0 Å². The molecule has 0 aromatic heterocycles. The third-order valence-electron chi connectivity index (χ3n) is 4.80. The maximum atomic E-state index is 3.57. The number of nitrogens with one attached hydrogen (secondary N) is 2. The zero-order valence-electron chi connectivity index (χ0n) is 12.8. The minimum Gasteiger partial charge on any atom is -0.317 e. The highest BCUT2D eigenvalue weighted by Gasteiger charge is 2.24. The molecule has 0 amide bonds. The van der Waals surface area contributed by atoms with Crippen LogP contribution in [0.25, 0.3) is 0 Å². The molecule has 2 rings (SSSR count). The lowest BCUT2D eigenvalue weighted by Crippen LogP contribution is -2.45. The van der Waals surface area contributed by atoms with Gasteiger partial charge in [0.05, 0.1) is 0 Å². The molecule has 2 atom stereocenters. The molecule has 2 saturated heterocycles. The maximum absolute atomic E-state index is 3.57. The fourth-order valence-corrected chi connectivity index (χ4v) is 3.62. The van der Waals surface area contributed by atoms with E-state index in [-0.39, 0.29) is 0 Å². The Kier molecular flexibility index (Phi) is 6.57. The van der Waals surface area contributed by atoms with Crippen molar-refractivity contribution in [1.29, 1.82) is 0 Å². The second-order valence-corrected chi connectivity index (χ2v) is 6.29. The molecule has 0 spiro atoms. The fourth-order valence-electron chi connectivity index (χ4n) is 3.62. The first kappa shape index (κ1) is 15.2. The SMILES string of the molecule is CNC(CCCN1CCNCC1)C1CCCN(C)C1. The van der Waals surface area contributed by atoms with Crippen LogP contribution in [0.1, 0.15) is 25.7 Å². The van der Waals surface area contributed by atoms with Gasteiger partial charge >= 0.3 is 0 Å². The molecular formula is C15H32N4. The Bertz CT molecular complexity index is 240. The van der Waals surface area contributed by atoms with Crippen LogP contribution < -0.4 is 10.6 Å². The van der Waals surface area contributed by atoms with Crippen molar-refractivity contribution in [2.45, 2.75) is 31.7 Å². The van der Waals surface area contributed by atoms with Gasteiger partial charge in [0.25, 0.3) is 0 Å². The number of piperazine rings is 1. The summed E-state index contributed by atoms with van der Waals surface area (Å²) in [4.78, 5) is 5.10. The minimum atomic E-state index is 0.714. The molecule has 4 nitrogen and oxygen atoms in total. The van der Waals surface area contributed by atoms with Crippen LogP contribution in [0.4, 0.5) is 0 Å². The van der Waals surface area contributed by atoms with E-state index in [9.17, 15) is 0 Å². The first-order valence-corrected chi connectivity index (χ1v) is 8.08. The van der Waals surface area contributed by atoms with E-state index in [4.69, 9.17) is 0 Å². The van der Waals surface area contributed by atoms with Gasteiger partial charge in [0.15, 0.2) is 0 Å². The summed E-state index contributed by atoms with van der Waals surface area (Å²) in [5.74, 6) is 0.853. The van der Waals surface area contributed by atoms with Crippen molar-refractivity contribution in [1.82, 2.24) is 20.4 Å². The normalized spacial score (nSPS) is 28.4. The van der Waals surface area contributed by atoms with Crippen LogP contribution in [-0.2, 0) is 0 Å². The second-order valence-electron chi connectivity index (χ2n) is 6.29. The molecule has 0 aromatic rings. The Morgan fingerprint density at radius 2 is 2.05 bits per heavy atom. The van der Waals surface area contributed by atoms with Crippen molar-refractivity contribution in [2.24, 2.45) is 5.92 Å². The highest BCUT2D eigenvalue weighted by Crippen LogP contribution is 2.21. The van der Waals surface area contributed by atoms with Crippen molar-refractivity contribution in [2.75, 3.05) is 59.9 Å². The van der Waals surface area contributed by atoms with E-state index in [1.807, 2.05) is 0 Å². The van der Waals surface area contributed by atoms with Gasteiger partial charge in [-0.1, -0.05) is 0 Å². The van der Waals surface area contributed by atoms with Gasteiger partial charge in [-0.3, -0.25) is 0 Å². The van der Waals surface area contributed by atoms with E-state index >= 15 is 0 Å². The fraction of sp³-hybridized carbons (Fsp3) is 1.00. The van der Waals surface area contributed by atoms with Gasteiger partial charge in [-0.15, -0.1) is 0 Å². The Morgan fingerprint density at radius 1 is 1.26 bits per heavy atom. The summed E-state index contributed by atoms with van der Waals surface area (Å²) in [6, 6.07) is 0.714. The zero-order chi connectivity index (χ0) is 13.5. The van der Waals surface area contributed by atoms with E-state index < -0.39 is 0 Å². The smallest absolute Gasteiger partial charge is 0.0107 e. The second kappa shape index (κ2) is 8.20. The van der Waals surface area contributed by atoms with Gasteiger partial charge in [0.2, 0.25) is 0 Å². The van der Waals surface area contributed by atoms with Gasteiger partial charge in [-0.25, -0.2) is 0 Å². The molecule has 4 heteroatoms. The van der Waals surface area contributed by atoms with Crippen molar-refractivity contribution in [3.63, 3.8) is 0 Å². The average molecular weight is 268 g/mol. The predicted molar refractivity (Wildman–Crippen MR) is 81.6 cm³/mol. The number of hydrogen-bond acceptors (Lipinski definition) is 4. The van der Waals surface area contributed by atoms with Gasteiger partial charge in [-0.2, -0.15) is 0 Å². The number of hydrogen-bond donors (Lipinski definition) is 2. The Labute approximate surface area is 118 Å². The van der Waals surface area contributed by atoms with Crippen molar-refractivity contribution >= 4 is 0 Å². The van der Waals surface area contributed by atoms with Gasteiger partial charge in [-0.05, 0) is 58.8 Å². The molecule has 2 unspecified atom stereocenters. The van der Waals surface area contributed by atoms with Crippen molar-refractivity contribution in [3.8, 4) is 0 Å². The number of rotatable bonds is 6. The summed E-state index contributed by atoms with van der Waals surface area (Å²) in [7, 11) is 4.41. The molecule has 0 saturated carbocycles. The lowest BCUT2D eigenvalue weighted by Gasteiger charge is -2.35. The minimum absolute atomic E-state index is 0.714. The highest BCUT2D eigenvalue weighted by atomic mass is 15.2. The molecule has 0 aromatic carbocycles. The Morgan fingerprint density at radius 3 is 2.74 bits per heavy atom. The maximum Gasteiger partial charge on any atom is 0.0107 e. The van der Waals surface area contributed by atoms with Crippen LogP contribution in [0.5, 0.6) is 0 Å². The van der Waals surface area contributed by atoms with Crippen molar-refractivity contribution < 1.29 is 0 Å². The largest absolute Gasteiger partial charge is 0.317 e. The number of piperidine rings is 1. The van der Waals surface area contributed by atoms with E-state index in [0.29, 0.717) is 6.04 Å². The first-order chi connectivity index (χ1) is 9.29. The Balaban J connectivity index is 1.66. The van der Waals surface area contributed by atoms with E-state index in [0.717, 1.165) is 5.92 Å².